The van der Waals surface area contributed by atoms with E-state index in [-0.39, 0.29) is 5.41 Å². The second-order valence-corrected chi connectivity index (χ2v) is 4.40. The van der Waals surface area contributed by atoms with Crippen LogP contribution in [-0.4, -0.2) is 27.8 Å². The molecule has 4 nitrogen and oxygen atoms in total. The van der Waals surface area contributed by atoms with Gasteiger partial charge in [-0.3, -0.25) is 4.79 Å². The molecule has 12 heavy (non-hydrogen) atoms. The average molecular weight is 171 g/mol. The van der Waals surface area contributed by atoms with Crippen LogP contribution in [0.3, 0.4) is 0 Å². The molecule has 0 radical (unpaired) electrons. The number of rotatable bonds is 3. The van der Waals surface area contributed by atoms with Gasteiger partial charge in [0.15, 0.2) is 0 Å². The van der Waals surface area contributed by atoms with Gasteiger partial charge in [-0.1, -0.05) is 0 Å². The molecule has 68 valence electrons. The zero-order valence-corrected chi connectivity index (χ0v) is 6.79. The molecule has 0 aromatic carbocycles. The maximum atomic E-state index is 10.4. The molecule has 1 atom stereocenters. The molecule has 0 aliphatic heterocycles. The summed E-state index contributed by atoms with van der Waals surface area (Å²) in [6, 6.07) is -0.755. The number of nitrogens with two attached hydrogens (primary N) is 1. The summed E-state index contributed by atoms with van der Waals surface area (Å²) in [6.07, 6.45) is 2.77. The molecule has 0 unspecified atom stereocenters. The first-order valence-electron chi connectivity index (χ1n) is 4.16. The summed E-state index contributed by atoms with van der Waals surface area (Å²) in [6.45, 7) is 0. The third-order valence-electron chi connectivity index (χ3n) is 3.08. The summed E-state index contributed by atoms with van der Waals surface area (Å²) >= 11 is 0. The van der Waals surface area contributed by atoms with Gasteiger partial charge < -0.3 is 15.9 Å². The van der Waals surface area contributed by atoms with Gasteiger partial charge in [-0.2, -0.15) is 0 Å². The predicted molar refractivity (Wildman–Crippen MR) is 41.5 cm³/mol. The highest BCUT2D eigenvalue weighted by Crippen LogP contribution is 2.69. The van der Waals surface area contributed by atoms with Crippen molar-refractivity contribution in [1.29, 1.82) is 0 Å². The summed E-state index contributed by atoms with van der Waals surface area (Å²) in [7, 11) is 0. The van der Waals surface area contributed by atoms with Crippen molar-refractivity contribution in [3.63, 3.8) is 0 Å². The zero-order chi connectivity index (χ0) is 8.98. The standard InChI is InChI=1S/C8H13NO3/c9-5(6(10)11)1-7-2-8(12,3-7)4-7/h5,12H,1-4,9H2,(H,10,11)/t5-,7?,8?/m0/s1. The first-order valence-corrected chi connectivity index (χ1v) is 4.16. The maximum Gasteiger partial charge on any atom is 0.320 e. The number of hydrogen-bond donors (Lipinski definition) is 3. The molecule has 4 heteroatoms. The molecule has 0 aromatic heterocycles. The highest BCUT2D eigenvalue weighted by atomic mass is 16.4. The fraction of sp³-hybridized carbons (Fsp3) is 0.875. The Labute approximate surface area is 70.4 Å². The Hall–Kier alpha value is -0.610. The fourth-order valence-corrected chi connectivity index (χ4v) is 2.71. The summed E-state index contributed by atoms with van der Waals surface area (Å²) in [5.74, 6) is -0.938. The van der Waals surface area contributed by atoms with Crippen LogP contribution >= 0.6 is 0 Å². The van der Waals surface area contributed by atoms with Crippen molar-refractivity contribution < 1.29 is 15.0 Å². The first kappa shape index (κ1) is 8.01. The Morgan fingerprint density at radius 2 is 2.00 bits per heavy atom. The number of carbonyl (C=O) groups is 1. The quantitative estimate of drug-likeness (QED) is 0.544. The lowest BCUT2D eigenvalue weighted by molar-refractivity contribution is -0.263. The molecule has 0 spiro atoms. The van der Waals surface area contributed by atoms with Crippen LogP contribution in [0.5, 0.6) is 0 Å². The molecule has 0 amide bonds. The molecular weight excluding hydrogens is 158 g/mol. The molecule has 0 aromatic rings. The number of hydrogen-bond acceptors (Lipinski definition) is 3. The molecule has 0 heterocycles. The highest BCUT2D eigenvalue weighted by molar-refractivity contribution is 5.73. The third kappa shape index (κ3) is 0.949. The van der Waals surface area contributed by atoms with Crippen LogP contribution in [0, 0.1) is 5.41 Å². The Bertz CT molecular complexity index is 219. The minimum atomic E-state index is -0.938. The minimum absolute atomic E-state index is 0.0759. The molecule has 4 N–H and O–H groups in total. The second-order valence-electron chi connectivity index (χ2n) is 4.40. The number of aliphatic carboxylic acids is 1. The average Bonchev–Trinajstić information content (AvgIpc) is 1.81. The molecule has 3 fully saturated rings. The van der Waals surface area contributed by atoms with Crippen LogP contribution in [0.1, 0.15) is 25.7 Å². The van der Waals surface area contributed by atoms with Gasteiger partial charge in [0, 0.05) is 0 Å². The number of carboxylic acid groups (broad SMARTS) is 1. The fourth-order valence-electron chi connectivity index (χ4n) is 2.71. The van der Waals surface area contributed by atoms with Gasteiger partial charge in [-0.15, -0.1) is 0 Å². The van der Waals surface area contributed by atoms with Crippen LogP contribution in [0.4, 0.5) is 0 Å². The zero-order valence-electron chi connectivity index (χ0n) is 6.79. The Morgan fingerprint density at radius 1 is 1.50 bits per heavy atom. The topological polar surface area (TPSA) is 83.5 Å². The molecule has 3 rings (SSSR count). The van der Waals surface area contributed by atoms with Crippen molar-refractivity contribution in [2.75, 3.05) is 0 Å². The van der Waals surface area contributed by atoms with E-state index in [1.807, 2.05) is 0 Å². The third-order valence-corrected chi connectivity index (χ3v) is 3.08. The lowest BCUT2D eigenvalue weighted by atomic mass is 9.40. The van der Waals surface area contributed by atoms with Crippen LogP contribution in [0.15, 0.2) is 0 Å². The van der Waals surface area contributed by atoms with Crippen LogP contribution in [0.25, 0.3) is 0 Å². The lowest BCUT2D eigenvalue weighted by Crippen LogP contribution is -2.68. The molecule has 2 bridgehead atoms. The SMILES string of the molecule is N[C@@H](CC12CC(O)(C1)C2)C(=O)O. The second kappa shape index (κ2) is 2.00. The number of aliphatic hydroxyl groups is 1. The molecule has 3 saturated carbocycles. The van der Waals surface area contributed by atoms with Gasteiger partial charge >= 0.3 is 5.97 Å². The van der Waals surface area contributed by atoms with Gasteiger partial charge in [0.1, 0.15) is 6.04 Å². The molecule has 3 aliphatic carbocycles. The normalized spacial score (nSPS) is 45.8. The largest absolute Gasteiger partial charge is 0.480 e. The van der Waals surface area contributed by atoms with Crippen molar-refractivity contribution >= 4 is 5.97 Å². The summed E-state index contributed by atoms with van der Waals surface area (Å²) in [4.78, 5) is 10.4. The first-order chi connectivity index (χ1) is 5.45. The van der Waals surface area contributed by atoms with Crippen molar-refractivity contribution in [3.05, 3.63) is 0 Å². The van der Waals surface area contributed by atoms with Crippen molar-refractivity contribution in [3.8, 4) is 0 Å². The Kier molecular flexibility index (Phi) is 1.34. The molecule has 3 aliphatic rings. The smallest absolute Gasteiger partial charge is 0.320 e. The van der Waals surface area contributed by atoms with Crippen LogP contribution in [-0.2, 0) is 4.79 Å². The monoisotopic (exact) mass is 171 g/mol. The van der Waals surface area contributed by atoms with Crippen molar-refractivity contribution in [2.45, 2.75) is 37.3 Å². The molecular formula is C8H13NO3. The highest BCUT2D eigenvalue weighted by Gasteiger charge is 2.67. The van der Waals surface area contributed by atoms with E-state index in [0.29, 0.717) is 6.42 Å². The Balaban J connectivity index is 1.86. The van der Waals surface area contributed by atoms with E-state index < -0.39 is 17.6 Å². The number of carboxylic acids is 1. The van der Waals surface area contributed by atoms with E-state index in [0.717, 1.165) is 19.3 Å². The van der Waals surface area contributed by atoms with Gasteiger partial charge in [0.05, 0.1) is 5.60 Å². The Morgan fingerprint density at radius 3 is 2.33 bits per heavy atom. The van der Waals surface area contributed by atoms with Gasteiger partial charge in [-0.05, 0) is 31.1 Å². The predicted octanol–water partition coefficient (Wildman–Crippen LogP) is -0.297. The van der Waals surface area contributed by atoms with E-state index in [9.17, 15) is 9.90 Å². The van der Waals surface area contributed by atoms with Crippen LogP contribution < -0.4 is 5.73 Å². The van der Waals surface area contributed by atoms with Crippen molar-refractivity contribution in [1.82, 2.24) is 0 Å². The van der Waals surface area contributed by atoms with Gasteiger partial charge in [0.25, 0.3) is 0 Å². The lowest BCUT2D eigenvalue weighted by Gasteiger charge is -2.68. The summed E-state index contributed by atoms with van der Waals surface area (Å²) < 4.78 is 0. The van der Waals surface area contributed by atoms with Crippen molar-refractivity contribution in [2.24, 2.45) is 11.1 Å². The summed E-state index contributed by atoms with van der Waals surface area (Å²) in [5, 5.41) is 18.0. The van der Waals surface area contributed by atoms with Gasteiger partial charge in [0.2, 0.25) is 0 Å². The molecule has 0 saturated heterocycles. The van der Waals surface area contributed by atoms with E-state index in [4.69, 9.17) is 10.8 Å². The van der Waals surface area contributed by atoms with E-state index in [1.54, 1.807) is 0 Å². The van der Waals surface area contributed by atoms with Gasteiger partial charge in [-0.25, -0.2) is 0 Å². The van der Waals surface area contributed by atoms with Crippen LogP contribution in [0.2, 0.25) is 0 Å². The summed E-state index contributed by atoms with van der Waals surface area (Å²) in [5.41, 5.74) is 5.03. The van der Waals surface area contributed by atoms with E-state index in [1.165, 1.54) is 0 Å². The van der Waals surface area contributed by atoms with E-state index >= 15 is 0 Å². The van der Waals surface area contributed by atoms with E-state index in [2.05, 4.69) is 0 Å². The minimum Gasteiger partial charge on any atom is -0.480 e. The maximum absolute atomic E-state index is 10.4.